The first-order chi connectivity index (χ1) is 27.3. The number of thiophene rings is 1. The van der Waals surface area contributed by atoms with Crippen LogP contribution in [0.5, 0.6) is 0 Å². The average molecular weight is 739 g/mol. The molecular formula is C53H42N2S. The van der Waals surface area contributed by atoms with E-state index in [-0.39, 0.29) is 11.5 Å². The van der Waals surface area contributed by atoms with Gasteiger partial charge < -0.3 is 4.57 Å². The lowest BCUT2D eigenvalue weighted by Gasteiger charge is -2.23. The van der Waals surface area contributed by atoms with Crippen LogP contribution in [-0.2, 0) is 5.41 Å². The Morgan fingerprint density at radius 2 is 1.45 bits per heavy atom. The average Bonchev–Trinajstić information content (AvgIpc) is 3.83. The molecular weight excluding hydrogens is 697 g/mol. The molecule has 0 amide bonds. The molecule has 2 aliphatic rings. The van der Waals surface area contributed by atoms with E-state index in [9.17, 15) is 0 Å². The highest BCUT2D eigenvalue weighted by Gasteiger charge is 2.37. The summed E-state index contributed by atoms with van der Waals surface area (Å²) in [6, 6.07) is 48.4. The fourth-order valence-corrected chi connectivity index (χ4v) is 10.2. The van der Waals surface area contributed by atoms with Gasteiger partial charge in [-0.3, -0.25) is 0 Å². The highest BCUT2D eigenvalue weighted by molar-refractivity contribution is 7.25. The molecule has 2 aromatic heterocycles. The second kappa shape index (κ2) is 13.2. The summed E-state index contributed by atoms with van der Waals surface area (Å²) in [4.78, 5) is 5.34. The van der Waals surface area contributed by atoms with Gasteiger partial charge >= 0.3 is 0 Å². The Balaban J connectivity index is 1.12. The van der Waals surface area contributed by atoms with E-state index >= 15 is 0 Å². The topological polar surface area (TPSA) is 17.3 Å². The molecule has 0 bridgehead atoms. The lowest BCUT2D eigenvalue weighted by atomic mass is 9.82. The third-order valence-electron chi connectivity index (χ3n) is 11.9. The van der Waals surface area contributed by atoms with Crippen LogP contribution in [0.15, 0.2) is 187 Å². The Bertz CT molecular complexity index is 3050. The smallest absolute Gasteiger partial charge is 0.0729 e. The zero-order valence-electron chi connectivity index (χ0n) is 32.0. The fourth-order valence-electron chi connectivity index (χ4n) is 9.10. The minimum Gasteiger partial charge on any atom is -0.333 e. The zero-order valence-corrected chi connectivity index (χ0v) is 32.8. The molecule has 0 N–H and O–H groups in total. The van der Waals surface area contributed by atoms with E-state index in [1.54, 1.807) is 0 Å². The van der Waals surface area contributed by atoms with Crippen LogP contribution in [0.3, 0.4) is 0 Å². The highest BCUT2D eigenvalue weighted by atomic mass is 32.1. The van der Waals surface area contributed by atoms with Gasteiger partial charge in [-0.15, -0.1) is 11.3 Å². The lowest BCUT2D eigenvalue weighted by Crippen LogP contribution is -2.15. The number of aliphatic imine (C=N–C) groups is 1. The predicted molar refractivity (Wildman–Crippen MR) is 243 cm³/mol. The minimum atomic E-state index is -0.0745. The van der Waals surface area contributed by atoms with Gasteiger partial charge in [0, 0.05) is 41.9 Å². The van der Waals surface area contributed by atoms with Crippen molar-refractivity contribution < 1.29 is 0 Å². The van der Waals surface area contributed by atoms with Crippen LogP contribution >= 0.6 is 11.3 Å². The molecule has 56 heavy (non-hydrogen) atoms. The van der Waals surface area contributed by atoms with Crippen molar-refractivity contribution in [1.29, 1.82) is 0 Å². The van der Waals surface area contributed by atoms with Gasteiger partial charge in [0.25, 0.3) is 0 Å². The number of rotatable bonds is 7. The highest BCUT2D eigenvalue weighted by Crippen LogP contribution is 2.54. The summed E-state index contributed by atoms with van der Waals surface area (Å²) in [6.07, 6.45) is 9.92. The van der Waals surface area contributed by atoms with Crippen molar-refractivity contribution >= 4 is 70.3 Å². The van der Waals surface area contributed by atoms with Crippen molar-refractivity contribution in [3.05, 3.63) is 204 Å². The van der Waals surface area contributed by atoms with Crippen molar-refractivity contribution in [3.63, 3.8) is 0 Å². The standard InChI is InChI=1S/C53H42N2S/c1-33(2)52(54-45(36-18-10-7-11-19-36)30-34(3)35-16-8-6-9-17-35)37-24-26-38(27-25-37)55-46-29-28-44-50(40-21-12-14-22-43(40)53(44,4)5)51(46)42-31-41-39-20-13-15-23-48(39)56-49(41)32-47(42)55/h6-26,28-32,38H,1,3,27H2,2,4-5H3/b45-30-,54-52?. The summed E-state index contributed by atoms with van der Waals surface area (Å²) < 4.78 is 5.25. The van der Waals surface area contributed by atoms with Gasteiger partial charge in [-0.2, -0.15) is 0 Å². The maximum Gasteiger partial charge on any atom is 0.0729 e. The van der Waals surface area contributed by atoms with E-state index in [1.165, 1.54) is 64.2 Å². The molecule has 1 atom stereocenters. The SMILES string of the molecule is C=C(C)C(=N/C(=C\C(=C)c1ccccc1)c1ccccc1)C1=CCC(n2c3cc4sc5ccccc5c4cc3c3c4c(ccc32)C(C)(C)c2ccccc2-4)C=C1. The maximum absolute atomic E-state index is 5.34. The first kappa shape index (κ1) is 34.2. The molecule has 0 aliphatic heterocycles. The minimum absolute atomic E-state index is 0.0745. The summed E-state index contributed by atoms with van der Waals surface area (Å²) in [5, 5.41) is 5.35. The van der Waals surface area contributed by atoms with Gasteiger partial charge in [0.2, 0.25) is 0 Å². The van der Waals surface area contributed by atoms with E-state index in [1.807, 2.05) is 35.6 Å². The number of hydrogen-bond donors (Lipinski definition) is 0. The van der Waals surface area contributed by atoms with E-state index in [4.69, 9.17) is 4.99 Å². The Hall–Kier alpha value is -6.29. The normalized spacial score (nSPS) is 16.4. The monoisotopic (exact) mass is 738 g/mol. The number of hydrogen-bond acceptors (Lipinski definition) is 2. The molecule has 3 heteroatoms. The van der Waals surface area contributed by atoms with Crippen molar-refractivity contribution in [2.75, 3.05) is 0 Å². The van der Waals surface area contributed by atoms with Gasteiger partial charge in [0.1, 0.15) is 0 Å². The van der Waals surface area contributed by atoms with Crippen LogP contribution in [0.1, 0.15) is 55.5 Å². The van der Waals surface area contributed by atoms with Crippen molar-refractivity contribution in [1.82, 2.24) is 4.57 Å². The van der Waals surface area contributed by atoms with Gasteiger partial charge in [-0.05, 0) is 88.2 Å². The largest absolute Gasteiger partial charge is 0.333 e. The number of fused-ring (bicyclic) bond motifs is 10. The van der Waals surface area contributed by atoms with Crippen molar-refractivity contribution in [2.24, 2.45) is 4.99 Å². The first-order valence-corrected chi connectivity index (χ1v) is 20.3. The molecule has 10 rings (SSSR count). The molecule has 270 valence electrons. The maximum atomic E-state index is 5.34. The molecule has 2 heterocycles. The van der Waals surface area contributed by atoms with Crippen molar-refractivity contribution in [3.8, 4) is 11.1 Å². The van der Waals surface area contributed by atoms with Crippen LogP contribution in [0, 0.1) is 0 Å². The third kappa shape index (κ3) is 5.41. The van der Waals surface area contributed by atoms with Gasteiger partial charge in [0.05, 0.1) is 28.5 Å². The molecule has 6 aromatic carbocycles. The molecule has 8 aromatic rings. The summed E-state index contributed by atoms with van der Waals surface area (Å²) in [5.41, 5.74) is 14.8. The number of aromatic nitrogens is 1. The Morgan fingerprint density at radius 3 is 2.20 bits per heavy atom. The summed E-state index contributed by atoms with van der Waals surface area (Å²) >= 11 is 1.89. The summed E-state index contributed by atoms with van der Waals surface area (Å²) in [7, 11) is 0. The quantitative estimate of drug-likeness (QED) is 0.114. The molecule has 0 saturated carbocycles. The molecule has 1 unspecified atom stereocenters. The molecule has 0 radical (unpaired) electrons. The molecule has 0 fully saturated rings. The second-order valence-corrected chi connectivity index (χ2v) is 16.8. The predicted octanol–water partition coefficient (Wildman–Crippen LogP) is 14.7. The van der Waals surface area contributed by atoms with Crippen LogP contribution in [0.4, 0.5) is 0 Å². The van der Waals surface area contributed by atoms with E-state index in [0.717, 1.165) is 45.7 Å². The summed E-state index contributed by atoms with van der Waals surface area (Å²) in [5.74, 6) is 0. The van der Waals surface area contributed by atoms with E-state index < -0.39 is 0 Å². The van der Waals surface area contributed by atoms with E-state index in [0.29, 0.717) is 0 Å². The Morgan fingerprint density at radius 1 is 0.732 bits per heavy atom. The van der Waals surface area contributed by atoms with Crippen LogP contribution in [0.2, 0.25) is 0 Å². The number of nitrogens with zero attached hydrogens (tertiary/aromatic N) is 2. The molecule has 0 saturated heterocycles. The Labute approximate surface area is 332 Å². The van der Waals surface area contributed by atoms with E-state index in [2.05, 4.69) is 172 Å². The van der Waals surface area contributed by atoms with Crippen LogP contribution < -0.4 is 0 Å². The number of allylic oxidation sites excluding steroid dienone is 7. The van der Waals surface area contributed by atoms with Crippen LogP contribution in [0.25, 0.3) is 64.4 Å². The Kier molecular flexibility index (Phi) is 8.06. The molecule has 2 nitrogen and oxygen atoms in total. The third-order valence-corrected chi connectivity index (χ3v) is 13.0. The summed E-state index contributed by atoms with van der Waals surface area (Å²) in [6.45, 7) is 15.6. The van der Waals surface area contributed by atoms with Crippen LogP contribution in [-0.4, -0.2) is 10.3 Å². The van der Waals surface area contributed by atoms with Crippen molar-refractivity contribution in [2.45, 2.75) is 38.6 Å². The van der Waals surface area contributed by atoms with Gasteiger partial charge in [-0.25, -0.2) is 4.99 Å². The first-order valence-electron chi connectivity index (χ1n) is 19.4. The molecule has 2 aliphatic carbocycles. The molecule has 0 spiro atoms. The number of benzene rings is 6. The zero-order chi connectivity index (χ0) is 38.1. The van der Waals surface area contributed by atoms with Gasteiger partial charge in [-0.1, -0.05) is 154 Å². The van der Waals surface area contributed by atoms with Gasteiger partial charge in [0.15, 0.2) is 0 Å². The fraction of sp³-hybridized carbons (Fsp3) is 0.113. The lowest BCUT2D eigenvalue weighted by molar-refractivity contribution is 0.645. The second-order valence-electron chi connectivity index (χ2n) is 15.7.